The van der Waals surface area contributed by atoms with Crippen molar-refractivity contribution in [1.29, 1.82) is 0 Å². The molecule has 2 aromatic rings. The van der Waals surface area contributed by atoms with Crippen molar-refractivity contribution < 1.29 is 13.2 Å². The van der Waals surface area contributed by atoms with Crippen LogP contribution in [0.1, 0.15) is 41.7 Å². The van der Waals surface area contributed by atoms with Crippen LogP contribution in [0.15, 0.2) is 53.7 Å². The maximum atomic E-state index is 13.1. The number of rotatable bonds is 6. The van der Waals surface area contributed by atoms with Crippen LogP contribution in [-0.4, -0.2) is 48.7 Å². The van der Waals surface area contributed by atoms with Crippen LogP contribution in [0.2, 0.25) is 0 Å². The number of hydrogen-bond acceptors (Lipinski definition) is 4. The molecule has 1 amide bonds. The van der Waals surface area contributed by atoms with Crippen LogP contribution in [0.3, 0.4) is 0 Å². The highest BCUT2D eigenvalue weighted by Crippen LogP contribution is 2.28. The van der Waals surface area contributed by atoms with Crippen LogP contribution in [0.25, 0.3) is 0 Å². The van der Waals surface area contributed by atoms with Crippen LogP contribution >= 0.6 is 0 Å². The smallest absolute Gasteiger partial charge is 0.253 e. The molecule has 0 radical (unpaired) electrons. The molecule has 1 aromatic carbocycles. The van der Waals surface area contributed by atoms with Crippen molar-refractivity contribution in [3.8, 4) is 0 Å². The first-order valence-electron chi connectivity index (χ1n) is 8.72. The lowest BCUT2D eigenvalue weighted by molar-refractivity contribution is 0.0651. The first kappa shape index (κ1) is 18.5. The van der Waals surface area contributed by atoms with Crippen LogP contribution in [0.5, 0.6) is 0 Å². The molecule has 138 valence electrons. The monoisotopic (exact) mass is 373 g/mol. The quantitative estimate of drug-likeness (QED) is 0.781. The Morgan fingerprint density at radius 3 is 2.62 bits per heavy atom. The van der Waals surface area contributed by atoms with Crippen molar-refractivity contribution in [2.75, 3.05) is 20.1 Å². The molecular weight excluding hydrogens is 350 g/mol. The Bertz CT molecular complexity index is 880. The van der Waals surface area contributed by atoms with Crippen LogP contribution in [0, 0.1) is 0 Å². The van der Waals surface area contributed by atoms with Crippen molar-refractivity contribution in [3.05, 3.63) is 59.9 Å². The third-order valence-corrected chi connectivity index (χ3v) is 6.66. The van der Waals surface area contributed by atoms with E-state index in [9.17, 15) is 13.2 Å². The predicted molar refractivity (Wildman–Crippen MR) is 99.2 cm³/mol. The van der Waals surface area contributed by atoms with E-state index in [1.54, 1.807) is 42.5 Å². The van der Waals surface area contributed by atoms with Crippen molar-refractivity contribution >= 4 is 15.9 Å². The highest BCUT2D eigenvalue weighted by molar-refractivity contribution is 7.89. The van der Waals surface area contributed by atoms with Crippen molar-refractivity contribution in [2.24, 2.45) is 0 Å². The summed E-state index contributed by atoms with van der Waals surface area (Å²) < 4.78 is 27.6. The first-order chi connectivity index (χ1) is 12.4. The molecule has 0 bridgehead atoms. The van der Waals surface area contributed by atoms with Gasteiger partial charge < -0.3 is 4.90 Å². The van der Waals surface area contributed by atoms with Crippen LogP contribution < -0.4 is 0 Å². The van der Waals surface area contributed by atoms with Gasteiger partial charge in [-0.2, -0.15) is 4.31 Å². The summed E-state index contributed by atoms with van der Waals surface area (Å²) in [4.78, 5) is 18.3. The molecule has 0 N–H and O–H groups in total. The SMILES string of the molecule is CC[C@H](c1cccnc1)N(C)S(=O)(=O)c1cccc(C(=O)N2CCC2)c1. The van der Waals surface area contributed by atoms with E-state index in [0.29, 0.717) is 12.0 Å². The van der Waals surface area contributed by atoms with Crippen molar-refractivity contribution in [2.45, 2.75) is 30.7 Å². The van der Waals surface area contributed by atoms with E-state index >= 15 is 0 Å². The molecule has 2 heterocycles. The zero-order chi connectivity index (χ0) is 18.7. The Morgan fingerprint density at radius 2 is 2.04 bits per heavy atom. The van der Waals surface area contributed by atoms with Gasteiger partial charge in [0.2, 0.25) is 10.0 Å². The summed E-state index contributed by atoms with van der Waals surface area (Å²) in [7, 11) is -2.16. The molecule has 7 heteroatoms. The van der Waals surface area contributed by atoms with Gasteiger partial charge in [0.05, 0.1) is 10.9 Å². The third-order valence-electron chi connectivity index (χ3n) is 4.80. The Balaban J connectivity index is 1.90. The molecule has 1 atom stereocenters. The minimum absolute atomic E-state index is 0.116. The van der Waals surface area contributed by atoms with Gasteiger partial charge in [-0.25, -0.2) is 8.42 Å². The highest BCUT2D eigenvalue weighted by Gasteiger charge is 2.29. The second kappa shape index (κ2) is 7.55. The number of nitrogens with zero attached hydrogens (tertiary/aromatic N) is 3. The van der Waals surface area contributed by atoms with Gasteiger partial charge in [-0.05, 0) is 42.7 Å². The molecule has 26 heavy (non-hydrogen) atoms. The number of benzene rings is 1. The normalized spacial score (nSPS) is 15.6. The minimum Gasteiger partial charge on any atom is -0.339 e. The molecule has 1 aliphatic heterocycles. The molecule has 1 aliphatic rings. The Hall–Kier alpha value is -2.25. The summed E-state index contributed by atoms with van der Waals surface area (Å²) >= 11 is 0. The largest absolute Gasteiger partial charge is 0.339 e. The number of carbonyl (C=O) groups excluding carboxylic acids is 1. The summed E-state index contributed by atoms with van der Waals surface area (Å²) in [6.07, 6.45) is 4.96. The van der Waals surface area contributed by atoms with Gasteiger partial charge in [0.15, 0.2) is 0 Å². The molecule has 0 unspecified atom stereocenters. The van der Waals surface area contributed by atoms with Crippen molar-refractivity contribution in [3.63, 3.8) is 0 Å². The standard InChI is InChI=1S/C19H23N3O3S/c1-3-18(16-8-5-10-20-14-16)21(2)26(24,25)17-9-4-7-15(13-17)19(23)22-11-6-12-22/h4-5,7-10,13-14,18H,3,6,11-12H2,1-2H3/t18-/m1/s1. The van der Waals surface area contributed by atoms with Gasteiger partial charge in [-0.15, -0.1) is 0 Å². The molecule has 0 saturated carbocycles. The number of hydrogen-bond donors (Lipinski definition) is 0. The average Bonchev–Trinajstić information content (AvgIpc) is 2.62. The summed E-state index contributed by atoms with van der Waals surface area (Å²) in [5.41, 5.74) is 1.25. The Labute approximate surface area is 154 Å². The Kier molecular flexibility index (Phi) is 5.38. The number of pyridine rings is 1. The maximum absolute atomic E-state index is 13.1. The number of carbonyl (C=O) groups is 1. The van der Waals surface area contributed by atoms with Crippen LogP contribution in [-0.2, 0) is 10.0 Å². The van der Waals surface area contributed by atoms with E-state index in [2.05, 4.69) is 4.98 Å². The lowest BCUT2D eigenvalue weighted by atomic mass is 10.1. The number of likely N-dealkylation sites (tertiary alicyclic amines) is 1. The zero-order valence-corrected chi connectivity index (χ0v) is 15.8. The van der Waals surface area contributed by atoms with E-state index in [1.165, 1.54) is 16.4 Å². The van der Waals surface area contributed by atoms with Gasteiger partial charge >= 0.3 is 0 Å². The van der Waals surface area contributed by atoms with Gasteiger partial charge in [-0.1, -0.05) is 19.1 Å². The summed E-state index contributed by atoms with van der Waals surface area (Å²) in [6.45, 7) is 3.40. The molecule has 1 aromatic heterocycles. The van der Waals surface area contributed by atoms with E-state index in [-0.39, 0.29) is 16.8 Å². The molecule has 3 rings (SSSR count). The molecule has 6 nitrogen and oxygen atoms in total. The predicted octanol–water partition coefficient (Wildman–Crippen LogP) is 2.70. The average molecular weight is 373 g/mol. The first-order valence-corrected chi connectivity index (χ1v) is 10.2. The maximum Gasteiger partial charge on any atom is 0.253 e. The van der Waals surface area contributed by atoms with E-state index in [0.717, 1.165) is 25.1 Å². The van der Waals surface area contributed by atoms with E-state index in [4.69, 9.17) is 0 Å². The third kappa shape index (κ3) is 3.50. The fourth-order valence-corrected chi connectivity index (χ4v) is 4.57. The highest BCUT2D eigenvalue weighted by atomic mass is 32.2. The summed E-state index contributed by atoms with van der Waals surface area (Å²) in [5.74, 6) is -0.116. The molecule has 1 saturated heterocycles. The van der Waals surface area contributed by atoms with Gasteiger partial charge in [0.1, 0.15) is 0 Å². The second-order valence-electron chi connectivity index (χ2n) is 6.41. The lowest BCUT2D eigenvalue weighted by Crippen LogP contribution is -2.42. The number of sulfonamides is 1. The number of aromatic nitrogens is 1. The fraction of sp³-hybridized carbons (Fsp3) is 0.368. The molecular formula is C19H23N3O3S. The van der Waals surface area contributed by atoms with Gasteiger partial charge in [0, 0.05) is 38.1 Å². The summed E-state index contributed by atoms with van der Waals surface area (Å²) in [5, 5.41) is 0. The Morgan fingerprint density at radius 1 is 1.27 bits per heavy atom. The van der Waals surface area contributed by atoms with E-state index in [1.807, 2.05) is 13.0 Å². The zero-order valence-electron chi connectivity index (χ0n) is 15.0. The van der Waals surface area contributed by atoms with Gasteiger partial charge in [-0.3, -0.25) is 9.78 Å². The van der Waals surface area contributed by atoms with Gasteiger partial charge in [0.25, 0.3) is 5.91 Å². The van der Waals surface area contributed by atoms with Crippen molar-refractivity contribution in [1.82, 2.24) is 14.2 Å². The summed E-state index contributed by atoms with van der Waals surface area (Å²) in [6, 6.07) is 9.65. The lowest BCUT2D eigenvalue weighted by Gasteiger charge is -2.31. The van der Waals surface area contributed by atoms with Crippen LogP contribution in [0.4, 0.5) is 0 Å². The number of amides is 1. The van der Waals surface area contributed by atoms with E-state index < -0.39 is 10.0 Å². The fourth-order valence-electron chi connectivity index (χ4n) is 3.10. The molecule has 1 fully saturated rings. The second-order valence-corrected chi connectivity index (χ2v) is 8.40. The minimum atomic E-state index is -3.73. The molecule has 0 spiro atoms. The molecule has 0 aliphatic carbocycles. The topological polar surface area (TPSA) is 70.6 Å².